The fourth-order valence-electron chi connectivity index (χ4n) is 1.20. The summed E-state index contributed by atoms with van der Waals surface area (Å²) in [4.78, 5) is 0. The van der Waals surface area contributed by atoms with Gasteiger partial charge < -0.3 is 10.1 Å². The number of rotatable bonds is 6. The molecule has 0 saturated heterocycles. The van der Waals surface area contributed by atoms with Crippen LogP contribution in [0.1, 0.15) is 54.9 Å². The van der Waals surface area contributed by atoms with Gasteiger partial charge in [0.2, 0.25) is 0 Å². The quantitative estimate of drug-likeness (QED) is 0.734. The summed E-state index contributed by atoms with van der Waals surface area (Å²) in [6, 6.07) is 0.563. The van der Waals surface area contributed by atoms with Crippen LogP contribution in [0.15, 0.2) is 0 Å². The van der Waals surface area contributed by atoms with E-state index < -0.39 is 0 Å². The van der Waals surface area contributed by atoms with Gasteiger partial charge in [0.1, 0.15) is 0 Å². The SMILES string of the molecule is CC(C)NCC(C)(C)CCOC(C)(C)C. The largest absolute Gasteiger partial charge is 0.376 e. The van der Waals surface area contributed by atoms with E-state index in [1.807, 2.05) is 0 Å². The molecule has 0 bridgehead atoms. The van der Waals surface area contributed by atoms with Crippen molar-refractivity contribution in [1.82, 2.24) is 5.32 Å². The third-order valence-corrected chi connectivity index (χ3v) is 2.30. The Morgan fingerprint density at radius 3 is 2.00 bits per heavy atom. The van der Waals surface area contributed by atoms with E-state index >= 15 is 0 Å². The second-order valence-corrected chi connectivity index (χ2v) is 6.41. The lowest BCUT2D eigenvalue weighted by molar-refractivity contribution is -0.0155. The number of hydrogen-bond donors (Lipinski definition) is 1. The Labute approximate surface area is 95.8 Å². The summed E-state index contributed by atoms with van der Waals surface area (Å²) in [5, 5.41) is 3.48. The Morgan fingerprint density at radius 2 is 1.60 bits per heavy atom. The molecule has 0 aliphatic carbocycles. The molecule has 2 heteroatoms. The molecule has 92 valence electrons. The highest BCUT2D eigenvalue weighted by molar-refractivity contribution is 4.73. The van der Waals surface area contributed by atoms with Crippen LogP contribution in [-0.2, 0) is 4.74 Å². The fraction of sp³-hybridized carbons (Fsp3) is 1.00. The smallest absolute Gasteiger partial charge is 0.0598 e. The highest BCUT2D eigenvalue weighted by Crippen LogP contribution is 2.20. The minimum Gasteiger partial charge on any atom is -0.376 e. The van der Waals surface area contributed by atoms with Gasteiger partial charge >= 0.3 is 0 Å². The lowest BCUT2D eigenvalue weighted by Crippen LogP contribution is -2.35. The topological polar surface area (TPSA) is 21.3 Å². The van der Waals surface area contributed by atoms with Gasteiger partial charge in [0.25, 0.3) is 0 Å². The van der Waals surface area contributed by atoms with Crippen LogP contribution < -0.4 is 5.32 Å². The predicted octanol–water partition coefficient (Wildman–Crippen LogP) is 3.22. The normalized spacial score (nSPS) is 13.6. The van der Waals surface area contributed by atoms with Crippen molar-refractivity contribution in [2.24, 2.45) is 5.41 Å². The first kappa shape index (κ1) is 14.9. The molecule has 0 atom stereocenters. The van der Waals surface area contributed by atoms with E-state index in [-0.39, 0.29) is 5.60 Å². The maximum atomic E-state index is 5.74. The van der Waals surface area contributed by atoms with Gasteiger partial charge in [-0.05, 0) is 32.6 Å². The van der Waals surface area contributed by atoms with Crippen molar-refractivity contribution in [3.8, 4) is 0 Å². The number of hydrogen-bond acceptors (Lipinski definition) is 2. The highest BCUT2D eigenvalue weighted by atomic mass is 16.5. The van der Waals surface area contributed by atoms with Crippen LogP contribution in [0, 0.1) is 5.41 Å². The van der Waals surface area contributed by atoms with E-state index in [0.29, 0.717) is 11.5 Å². The molecule has 0 heterocycles. The van der Waals surface area contributed by atoms with Gasteiger partial charge in [-0.25, -0.2) is 0 Å². The molecule has 0 aromatic rings. The van der Waals surface area contributed by atoms with E-state index in [1.165, 1.54) is 0 Å². The minimum atomic E-state index is -0.0123. The van der Waals surface area contributed by atoms with Gasteiger partial charge in [0.05, 0.1) is 5.60 Å². The molecule has 15 heavy (non-hydrogen) atoms. The lowest BCUT2D eigenvalue weighted by Gasteiger charge is -2.28. The molecular formula is C13H29NO. The zero-order valence-electron chi connectivity index (χ0n) is 11.6. The number of nitrogens with one attached hydrogen (secondary N) is 1. The first-order valence-corrected chi connectivity index (χ1v) is 6.00. The Morgan fingerprint density at radius 1 is 1.07 bits per heavy atom. The molecule has 0 aromatic carbocycles. The summed E-state index contributed by atoms with van der Waals surface area (Å²) >= 11 is 0. The first-order valence-electron chi connectivity index (χ1n) is 6.00. The van der Waals surface area contributed by atoms with Crippen LogP contribution in [0.5, 0.6) is 0 Å². The van der Waals surface area contributed by atoms with Crippen molar-refractivity contribution in [3.05, 3.63) is 0 Å². The van der Waals surface area contributed by atoms with Crippen molar-refractivity contribution in [1.29, 1.82) is 0 Å². The average molecular weight is 215 g/mol. The van der Waals surface area contributed by atoms with Crippen molar-refractivity contribution in [3.63, 3.8) is 0 Å². The summed E-state index contributed by atoms with van der Waals surface area (Å²) in [6.45, 7) is 17.1. The van der Waals surface area contributed by atoms with Crippen LogP contribution in [0.2, 0.25) is 0 Å². The average Bonchev–Trinajstić information content (AvgIpc) is 1.98. The van der Waals surface area contributed by atoms with E-state index in [0.717, 1.165) is 19.6 Å². The van der Waals surface area contributed by atoms with Crippen molar-refractivity contribution < 1.29 is 4.74 Å². The van der Waals surface area contributed by atoms with Crippen LogP contribution in [-0.4, -0.2) is 24.8 Å². The van der Waals surface area contributed by atoms with Crippen molar-refractivity contribution in [2.45, 2.75) is 66.5 Å². The monoisotopic (exact) mass is 215 g/mol. The molecule has 1 N–H and O–H groups in total. The molecule has 0 saturated carbocycles. The number of ether oxygens (including phenoxy) is 1. The van der Waals surface area contributed by atoms with Crippen molar-refractivity contribution in [2.75, 3.05) is 13.2 Å². The Kier molecular flexibility index (Phi) is 5.82. The van der Waals surface area contributed by atoms with Crippen LogP contribution in [0.3, 0.4) is 0 Å². The fourth-order valence-corrected chi connectivity index (χ4v) is 1.20. The summed E-state index contributed by atoms with van der Waals surface area (Å²) in [5.41, 5.74) is 0.303. The van der Waals surface area contributed by atoms with E-state index in [2.05, 4.69) is 53.8 Å². The first-order chi connectivity index (χ1) is 6.62. The van der Waals surface area contributed by atoms with Crippen LogP contribution in [0.25, 0.3) is 0 Å². The molecule has 0 rings (SSSR count). The zero-order valence-corrected chi connectivity index (χ0v) is 11.6. The summed E-state index contributed by atoms with van der Waals surface area (Å²) in [5.74, 6) is 0. The molecule has 0 spiro atoms. The van der Waals surface area contributed by atoms with Gasteiger partial charge in [-0.2, -0.15) is 0 Å². The third kappa shape index (κ3) is 10.2. The van der Waals surface area contributed by atoms with E-state index in [9.17, 15) is 0 Å². The van der Waals surface area contributed by atoms with E-state index in [4.69, 9.17) is 4.74 Å². The van der Waals surface area contributed by atoms with Crippen molar-refractivity contribution >= 4 is 0 Å². The molecule has 0 unspecified atom stereocenters. The third-order valence-electron chi connectivity index (χ3n) is 2.30. The van der Waals surface area contributed by atoms with Gasteiger partial charge in [-0.15, -0.1) is 0 Å². The van der Waals surface area contributed by atoms with Crippen LogP contribution in [0.4, 0.5) is 0 Å². The van der Waals surface area contributed by atoms with E-state index in [1.54, 1.807) is 0 Å². The lowest BCUT2D eigenvalue weighted by atomic mass is 9.89. The molecule has 0 radical (unpaired) electrons. The predicted molar refractivity (Wildman–Crippen MR) is 67.2 cm³/mol. The Hall–Kier alpha value is -0.0800. The second-order valence-electron chi connectivity index (χ2n) is 6.41. The summed E-state index contributed by atoms with van der Waals surface area (Å²) in [6.07, 6.45) is 1.10. The van der Waals surface area contributed by atoms with Gasteiger partial charge in [-0.3, -0.25) is 0 Å². The van der Waals surface area contributed by atoms with Gasteiger partial charge in [0, 0.05) is 19.2 Å². The summed E-state index contributed by atoms with van der Waals surface area (Å²) < 4.78 is 5.74. The van der Waals surface area contributed by atoms with Crippen LogP contribution >= 0.6 is 0 Å². The molecular weight excluding hydrogens is 186 g/mol. The Balaban J connectivity index is 3.74. The minimum absolute atomic E-state index is 0.0123. The maximum Gasteiger partial charge on any atom is 0.0598 e. The molecule has 0 aromatic heterocycles. The zero-order chi connectivity index (χ0) is 12.1. The van der Waals surface area contributed by atoms with Gasteiger partial charge in [0.15, 0.2) is 0 Å². The molecule has 0 fully saturated rings. The standard InChI is InChI=1S/C13H29NO/c1-11(2)14-10-13(6,7)8-9-15-12(3,4)5/h11,14H,8-10H2,1-7H3. The maximum absolute atomic E-state index is 5.74. The highest BCUT2D eigenvalue weighted by Gasteiger charge is 2.19. The molecule has 0 aliphatic rings. The molecule has 0 aliphatic heterocycles. The van der Waals surface area contributed by atoms with Gasteiger partial charge in [-0.1, -0.05) is 27.7 Å². The summed E-state index contributed by atoms with van der Waals surface area (Å²) in [7, 11) is 0. The molecule has 0 amide bonds. The Bertz CT molecular complexity index is 168. The second kappa shape index (κ2) is 5.86. The molecule has 2 nitrogen and oxygen atoms in total.